The molecular weight excluding hydrogens is 744 g/mol. The summed E-state index contributed by atoms with van der Waals surface area (Å²) >= 11 is 0. The van der Waals surface area contributed by atoms with Gasteiger partial charge in [-0.3, -0.25) is 24.0 Å². The molecule has 9 fully saturated rings. The van der Waals surface area contributed by atoms with E-state index in [2.05, 4.69) is 0 Å². The first-order chi connectivity index (χ1) is 26.3. The van der Waals surface area contributed by atoms with E-state index in [1.54, 1.807) is 48.5 Å². The van der Waals surface area contributed by atoms with Gasteiger partial charge in [0.05, 0.1) is 39.3 Å². The van der Waals surface area contributed by atoms with Crippen LogP contribution in [0, 0.1) is 39.4 Å². The minimum atomic E-state index is -1.42. The molecule has 2 N–H and O–H groups in total. The molecule has 9 rings (SSSR count). The van der Waals surface area contributed by atoms with Crippen LogP contribution in [0.25, 0.3) is 0 Å². The number of hydrogen-bond donors (Lipinski definition) is 2. The summed E-state index contributed by atoms with van der Waals surface area (Å²) in [5.74, 6) is -2.03. The first kappa shape index (κ1) is 43.4. The molecule has 9 atom stereocenters. The van der Waals surface area contributed by atoms with Gasteiger partial charge in [-0.15, -0.1) is 0 Å². The van der Waals surface area contributed by atoms with Crippen LogP contribution in [0.5, 0.6) is 0 Å². The Bertz CT molecular complexity index is 1750. The van der Waals surface area contributed by atoms with E-state index in [4.69, 9.17) is 23.7 Å². The molecule has 0 aromatic heterocycles. The van der Waals surface area contributed by atoms with Crippen molar-refractivity contribution in [2.75, 3.05) is 0 Å². The first-order valence-electron chi connectivity index (χ1n) is 21.9. The Labute approximate surface area is 344 Å². The molecule has 1 aliphatic heterocycles. The average Bonchev–Trinajstić information content (AvgIpc) is 3.21. The molecule has 0 amide bonds. The van der Waals surface area contributed by atoms with Gasteiger partial charge in [0.15, 0.2) is 5.60 Å². The standard InChI is InChI=1S/C46H70O12/c1-12-39(9,33(49)58-46-20-30-14-42(25-46,24-44(53,17-30)27-46)35(51)55-36(2,3)4)23-40(10,22-37(5,6)32(48)56-41(11)21-31(47)54-38(41,7)8)34(50)57-45-18-28-13-29(19-45)16-43(52,15-28)26-45/h28-30,52-53H,12-27H2,1-11H3. The Hall–Kier alpha value is -2.73. The summed E-state index contributed by atoms with van der Waals surface area (Å²) < 4.78 is 30.8. The van der Waals surface area contributed by atoms with Gasteiger partial charge in [0.1, 0.15) is 22.4 Å². The highest BCUT2D eigenvalue weighted by molar-refractivity contribution is 5.84. The van der Waals surface area contributed by atoms with E-state index in [-0.39, 0.29) is 62.2 Å². The van der Waals surface area contributed by atoms with Crippen molar-refractivity contribution >= 4 is 29.8 Å². The lowest BCUT2D eigenvalue weighted by atomic mass is 9.46. The maximum Gasteiger partial charge on any atom is 0.312 e. The highest BCUT2D eigenvalue weighted by Gasteiger charge is 2.69. The minimum absolute atomic E-state index is 0.0241. The molecule has 9 unspecified atom stereocenters. The van der Waals surface area contributed by atoms with Crippen molar-refractivity contribution in [2.24, 2.45) is 39.4 Å². The highest BCUT2D eigenvalue weighted by atomic mass is 16.6. The van der Waals surface area contributed by atoms with Gasteiger partial charge < -0.3 is 33.9 Å². The number of hydrogen-bond acceptors (Lipinski definition) is 12. The van der Waals surface area contributed by atoms with Crippen molar-refractivity contribution in [1.82, 2.24) is 0 Å². The molecule has 0 aromatic rings. The number of carbonyl (C=O) groups excluding carboxylic acids is 5. The third kappa shape index (κ3) is 7.61. The van der Waals surface area contributed by atoms with Crippen molar-refractivity contribution in [3.05, 3.63) is 0 Å². The van der Waals surface area contributed by atoms with Gasteiger partial charge in [-0.25, -0.2) is 0 Å². The topological polar surface area (TPSA) is 172 Å². The average molecular weight is 815 g/mol. The van der Waals surface area contributed by atoms with Gasteiger partial charge in [0.2, 0.25) is 0 Å². The first-order valence-corrected chi connectivity index (χ1v) is 21.9. The lowest BCUT2D eigenvalue weighted by Crippen LogP contribution is -2.67. The van der Waals surface area contributed by atoms with Crippen LogP contribution >= 0.6 is 0 Å². The Morgan fingerprint density at radius 3 is 1.76 bits per heavy atom. The van der Waals surface area contributed by atoms with E-state index < -0.39 is 84.7 Å². The van der Waals surface area contributed by atoms with Crippen LogP contribution < -0.4 is 0 Å². The van der Waals surface area contributed by atoms with Crippen molar-refractivity contribution < 1.29 is 57.9 Å². The summed E-state index contributed by atoms with van der Waals surface area (Å²) in [6.45, 7) is 19.4. The van der Waals surface area contributed by atoms with Crippen LogP contribution in [-0.4, -0.2) is 79.3 Å². The highest BCUT2D eigenvalue weighted by Crippen LogP contribution is 2.66. The fraction of sp³-hybridized carbons (Fsp3) is 0.891. The second-order valence-corrected chi connectivity index (χ2v) is 23.8. The third-order valence-corrected chi connectivity index (χ3v) is 15.8. The zero-order valence-corrected chi connectivity index (χ0v) is 37.0. The number of cyclic esters (lactones) is 1. The zero-order valence-electron chi connectivity index (χ0n) is 37.0. The van der Waals surface area contributed by atoms with Gasteiger partial charge in [-0.1, -0.05) is 6.92 Å². The predicted molar refractivity (Wildman–Crippen MR) is 211 cm³/mol. The summed E-state index contributed by atoms with van der Waals surface area (Å²) in [5.41, 5.74) is -12.0. The van der Waals surface area contributed by atoms with Crippen molar-refractivity contribution in [1.29, 1.82) is 0 Å². The molecule has 1 saturated heterocycles. The number of ether oxygens (including phenoxy) is 5. The molecule has 0 spiro atoms. The molecule has 8 bridgehead atoms. The molecule has 12 heteroatoms. The SMILES string of the molecule is CCC(C)(CC(C)(CC(C)(C)C(=O)OC1(C)CC(=O)OC1(C)C)C(=O)OC12CC3CC(CC(O)(C3)C1)C2)C(=O)OC12CC3CC(O)(C1)CC(C(=O)OC(C)(C)C)(C3)C2. The van der Waals surface area contributed by atoms with Crippen LogP contribution in [0.3, 0.4) is 0 Å². The Balaban J connectivity index is 1.18. The summed E-state index contributed by atoms with van der Waals surface area (Å²) in [7, 11) is 0. The summed E-state index contributed by atoms with van der Waals surface area (Å²) in [6, 6.07) is 0. The van der Waals surface area contributed by atoms with Crippen LogP contribution in [0.2, 0.25) is 0 Å². The summed E-state index contributed by atoms with van der Waals surface area (Å²) in [5, 5.41) is 23.4. The molecule has 8 aliphatic carbocycles. The van der Waals surface area contributed by atoms with E-state index in [1.165, 1.54) is 0 Å². The van der Waals surface area contributed by atoms with Gasteiger partial charge in [0.25, 0.3) is 0 Å². The quantitative estimate of drug-likeness (QED) is 0.150. The smallest absolute Gasteiger partial charge is 0.312 e. The molecule has 1 heterocycles. The zero-order chi connectivity index (χ0) is 43.0. The van der Waals surface area contributed by atoms with Crippen molar-refractivity contribution in [2.45, 2.75) is 218 Å². The van der Waals surface area contributed by atoms with Gasteiger partial charge in [-0.2, -0.15) is 0 Å². The Morgan fingerprint density at radius 2 is 1.22 bits per heavy atom. The van der Waals surface area contributed by atoms with E-state index in [9.17, 15) is 29.4 Å². The third-order valence-electron chi connectivity index (χ3n) is 15.8. The number of carbonyl (C=O) groups is 5. The second-order valence-electron chi connectivity index (χ2n) is 23.8. The van der Waals surface area contributed by atoms with Crippen LogP contribution in [0.15, 0.2) is 0 Å². The van der Waals surface area contributed by atoms with Gasteiger partial charge >= 0.3 is 29.8 Å². The molecule has 9 aliphatic rings. The van der Waals surface area contributed by atoms with Crippen LogP contribution in [0.1, 0.15) is 179 Å². The van der Waals surface area contributed by atoms with E-state index in [0.29, 0.717) is 57.8 Å². The van der Waals surface area contributed by atoms with Crippen LogP contribution in [0.4, 0.5) is 0 Å². The largest absolute Gasteiger partial charge is 0.460 e. The fourth-order valence-electron chi connectivity index (χ4n) is 13.8. The molecule has 326 valence electrons. The summed E-state index contributed by atoms with van der Waals surface area (Å²) in [4.78, 5) is 70.4. The normalized spacial score (nSPS) is 41.6. The maximum atomic E-state index is 15.1. The van der Waals surface area contributed by atoms with Gasteiger partial charge in [0, 0.05) is 19.3 Å². The predicted octanol–water partition coefficient (Wildman–Crippen LogP) is 7.21. The Morgan fingerprint density at radius 1 is 0.672 bits per heavy atom. The molecule has 12 nitrogen and oxygen atoms in total. The molecule has 58 heavy (non-hydrogen) atoms. The molecule has 0 radical (unpaired) electrons. The second kappa shape index (κ2) is 13.1. The number of aliphatic hydroxyl groups is 2. The van der Waals surface area contributed by atoms with Crippen molar-refractivity contribution in [3.8, 4) is 0 Å². The lowest BCUT2D eigenvalue weighted by Gasteiger charge is -2.63. The van der Waals surface area contributed by atoms with Crippen molar-refractivity contribution in [3.63, 3.8) is 0 Å². The Kier molecular flexibility index (Phi) is 9.82. The number of rotatable bonds is 12. The number of esters is 5. The van der Waals surface area contributed by atoms with Gasteiger partial charge in [-0.05, 0) is 164 Å². The lowest BCUT2D eigenvalue weighted by molar-refractivity contribution is -0.254. The fourth-order valence-corrected chi connectivity index (χ4v) is 13.8. The molecule has 8 saturated carbocycles. The van der Waals surface area contributed by atoms with E-state index in [1.807, 2.05) is 27.7 Å². The summed E-state index contributed by atoms with van der Waals surface area (Å²) in [6.07, 6.45) is 6.59. The maximum absolute atomic E-state index is 15.1. The molecule has 0 aromatic carbocycles. The van der Waals surface area contributed by atoms with E-state index in [0.717, 1.165) is 6.42 Å². The minimum Gasteiger partial charge on any atom is -0.460 e. The monoisotopic (exact) mass is 814 g/mol. The molecular formula is C46H70O12. The van der Waals surface area contributed by atoms with Crippen LogP contribution in [-0.2, 0) is 47.7 Å². The van der Waals surface area contributed by atoms with E-state index >= 15 is 4.79 Å².